The van der Waals surface area contributed by atoms with Crippen molar-refractivity contribution in [3.05, 3.63) is 0 Å². The number of likely N-dealkylation sites (tertiary alicyclic amines) is 1. The zero-order valence-corrected chi connectivity index (χ0v) is 11.0. The summed E-state index contributed by atoms with van der Waals surface area (Å²) in [5.41, 5.74) is 0.529. The minimum Gasteiger partial charge on any atom is -0.319 e. The maximum Gasteiger partial charge on any atom is 0.00223 e. The van der Waals surface area contributed by atoms with E-state index in [-0.39, 0.29) is 0 Å². The molecule has 1 saturated heterocycles. The fraction of sp³-hybridized carbons (Fsp3) is 1.00. The number of hydrogen-bond acceptors (Lipinski definition) is 2. The second-order valence-electron chi connectivity index (χ2n) is 5.78. The van der Waals surface area contributed by atoms with E-state index < -0.39 is 0 Å². The number of nitrogens with zero attached hydrogens (tertiary/aromatic N) is 1. The molecule has 15 heavy (non-hydrogen) atoms. The summed E-state index contributed by atoms with van der Waals surface area (Å²) in [6, 6.07) is 0. The molecule has 0 spiro atoms. The summed E-state index contributed by atoms with van der Waals surface area (Å²) in [7, 11) is 2.06. The topological polar surface area (TPSA) is 15.3 Å². The fourth-order valence-electron chi connectivity index (χ4n) is 2.21. The van der Waals surface area contributed by atoms with Gasteiger partial charge in [-0.3, -0.25) is 0 Å². The second kappa shape index (κ2) is 5.86. The van der Waals surface area contributed by atoms with E-state index in [0.717, 1.165) is 5.92 Å². The molecule has 1 rings (SSSR count). The van der Waals surface area contributed by atoms with E-state index in [1.165, 1.54) is 45.4 Å². The van der Waals surface area contributed by atoms with Crippen LogP contribution in [0.3, 0.4) is 0 Å². The van der Waals surface area contributed by atoms with Gasteiger partial charge in [-0.15, -0.1) is 0 Å². The molecule has 1 fully saturated rings. The zero-order valence-electron chi connectivity index (χ0n) is 11.0. The van der Waals surface area contributed by atoms with Gasteiger partial charge in [0.05, 0.1) is 0 Å². The van der Waals surface area contributed by atoms with Crippen molar-refractivity contribution in [3.63, 3.8) is 0 Å². The standard InChI is InChI=1S/C13H28N2/c1-5-13(2,3)7-9-15-8-6-12(11-15)10-14-4/h12,14H,5-11H2,1-4H3. The molecule has 0 bridgehead atoms. The summed E-state index contributed by atoms with van der Waals surface area (Å²) in [5.74, 6) is 0.889. The number of rotatable bonds is 6. The lowest BCUT2D eigenvalue weighted by atomic mass is 9.86. The van der Waals surface area contributed by atoms with Gasteiger partial charge in [0.15, 0.2) is 0 Å². The lowest BCUT2D eigenvalue weighted by Gasteiger charge is -2.26. The van der Waals surface area contributed by atoms with Gasteiger partial charge in [0, 0.05) is 6.54 Å². The minimum absolute atomic E-state index is 0.529. The van der Waals surface area contributed by atoms with Gasteiger partial charge in [-0.05, 0) is 50.9 Å². The Morgan fingerprint density at radius 2 is 2.13 bits per heavy atom. The molecular weight excluding hydrogens is 184 g/mol. The quantitative estimate of drug-likeness (QED) is 0.727. The van der Waals surface area contributed by atoms with Gasteiger partial charge in [0.2, 0.25) is 0 Å². The first kappa shape index (κ1) is 13.0. The highest BCUT2D eigenvalue weighted by atomic mass is 15.1. The molecule has 1 atom stereocenters. The Kier molecular flexibility index (Phi) is 5.07. The van der Waals surface area contributed by atoms with Gasteiger partial charge in [-0.2, -0.15) is 0 Å². The minimum atomic E-state index is 0.529. The van der Waals surface area contributed by atoms with Crippen molar-refractivity contribution in [2.45, 2.75) is 40.0 Å². The van der Waals surface area contributed by atoms with Crippen LogP contribution in [0.4, 0.5) is 0 Å². The van der Waals surface area contributed by atoms with Crippen molar-refractivity contribution in [1.82, 2.24) is 10.2 Å². The highest BCUT2D eigenvalue weighted by molar-refractivity contribution is 4.78. The van der Waals surface area contributed by atoms with Crippen molar-refractivity contribution >= 4 is 0 Å². The molecule has 0 aromatic heterocycles. The van der Waals surface area contributed by atoms with Crippen LogP contribution in [0.5, 0.6) is 0 Å². The molecule has 0 saturated carbocycles. The summed E-state index contributed by atoms with van der Waals surface area (Å²) in [4.78, 5) is 2.64. The fourth-order valence-corrected chi connectivity index (χ4v) is 2.21. The average molecular weight is 212 g/mol. The van der Waals surface area contributed by atoms with Crippen LogP contribution in [0, 0.1) is 11.3 Å². The van der Waals surface area contributed by atoms with E-state index in [0.29, 0.717) is 5.41 Å². The van der Waals surface area contributed by atoms with Crippen LogP contribution in [0.2, 0.25) is 0 Å². The second-order valence-corrected chi connectivity index (χ2v) is 5.78. The van der Waals surface area contributed by atoms with Crippen molar-refractivity contribution in [2.24, 2.45) is 11.3 Å². The van der Waals surface area contributed by atoms with Crippen molar-refractivity contribution in [3.8, 4) is 0 Å². The monoisotopic (exact) mass is 212 g/mol. The summed E-state index contributed by atoms with van der Waals surface area (Å²) < 4.78 is 0. The van der Waals surface area contributed by atoms with E-state index >= 15 is 0 Å². The van der Waals surface area contributed by atoms with E-state index in [9.17, 15) is 0 Å². The first-order valence-corrected chi connectivity index (χ1v) is 6.44. The Hall–Kier alpha value is -0.0800. The molecule has 0 radical (unpaired) electrons. The molecule has 2 nitrogen and oxygen atoms in total. The molecule has 0 aromatic rings. The first-order valence-electron chi connectivity index (χ1n) is 6.44. The SMILES string of the molecule is CCC(C)(C)CCN1CCC(CNC)C1. The van der Waals surface area contributed by atoms with Gasteiger partial charge in [-0.1, -0.05) is 27.2 Å². The Balaban J connectivity index is 2.19. The van der Waals surface area contributed by atoms with Crippen molar-refractivity contribution in [2.75, 3.05) is 33.2 Å². The van der Waals surface area contributed by atoms with Gasteiger partial charge in [-0.25, -0.2) is 0 Å². The average Bonchev–Trinajstić information content (AvgIpc) is 2.64. The molecule has 0 aromatic carbocycles. The van der Waals surface area contributed by atoms with Crippen molar-refractivity contribution in [1.29, 1.82) is 0 Å². The summed E-state index contributed by atoms with van der Waals surface area (Å²) in [6.07, 6.45) is 4.02. The highest BCUT2D eigenvalue weighted by Gasteiger charge is 2.23. The van der Waals surface area contributed by atoms with Crippen LogP contribution in [-0.4, -0.2) is 38.1 Å². The van der Waals surface area contributed by atoms with E-state index in [1.54, 1.807) is 0 Å². The van der Waals surface area contributed by atoms with Crippen LogP contribution < -0.4 is 5.32 Å². The Labute approximate surface area is 95.4 Å². The van der Waals surface area contributed by atoms with Crippen LogP contribution in [-0.2, 0) is 0 Å². The first-order chi connectivity index (χ1) is 7.07. The third-order valence-corrected chi connectivity index (χ3v) is 3.92. The predicted molar refractivity (Wildman–Crippen MR) is 67.2 cm³/mol. The molecule has 2 heteroatoms. The molecule has 1 aliphatic heterocycles. The Morgan fingerprint density at radius 3 is 2.73 bits per heavy atom. The van der Waals surface area contributed by atoms with Crippen molar-refractivity contribution < 1.29 is 0 Å². The highest BCUT2D eigenvalue weighted by Crippen LogP contribution is 2.26. The molecule has 0 amide bonds. The molecule has 1 unspecified atom stereocenters. The number of nitrogens with one attached hydrogen (secondary N) is 1. The largest absolute Gasteiger partial charge is 0.319 e. The van der Waals surface area contributed by atoms with E-state index in [1.807, 2.05) is 0 Å². The smallest absolute Gasteiger partial charge is 0.00223 e. The molecule has 1 aliphatic rings. The van der Waals surface area contributed by atoms with E-state index in [4.69, 9.17) is 0 Å². The normalized spacial score (nSPS) is 23.6. The Morgan fingerprint density at radius 1 is 1.40 bits per heavy atom. The lowest BCUT2D eigenvalue weighted by molar-refractivity contribution is 0.237. The van der Waals surface area contributed by atoms with E-state index in [2.05, 4.69) is 38.0 Å². The zero-order chi connectivity index (χ0) is 11.3. The summed E-state index contributed by atoms with van der Waals surface area (Å²) in [5, 5.41) is 3.29. The van der Waals surface area contributed by atoms with Crippen LogP contribution in [0.15, 0.2) is 0 Å². The maximum absolute atomic E-state index is 3.29. The van der Waals surface area contributed by atoms with Crippen LogP contribution >= 0.6 is 0 Å². The predicted octanol–water partition coefficient (Wildman–Crippen LogP) is 2.35. The number of hydrogen-bond donors (Lipinski definition) is 1. The van der Waals surface area contributed by atoms with Crippen LogP contribution in [0.1, 0.15) is 40.0 Å². The Bertz CT molecular complexity index is 177. The van der Waals surface area contributed by atoms with Gasteiger partial charge in [0.1, 0.15) is 0 Å². The molecule has 0 aliphatic carbocycles. The molecule has 90 valence electrons. The van der Waals surface area contributed by atoms with Gasteiger partial charge in [0.25, 0.3) is 0 Å². The molecule has 1 heterocycles. The third-order valence-electron chi connectivity index (χ3n) is 3.92. The molecule has 1 N–H and O–H groups in total. The van der Waals surface area contributed by atoms with Gasteiger partial charge < -0.3 is 10.2 Å². The maximum atomic E-state index is 3.29. The van der Waals surface area contributed by atoms with Gasteiger partial charge >= 0.3 is 0 Å². The lowest BCUT2D eigenvalue weighted by Crippen LogP contribution is -2.28. The van der Waals surface area contributed by atoms with Crippen LogP contribution in [0.25, 0.3) is 0 Å². The third kappa shape index (κ3) is 4.52. The molecular formula is C13H28N2. The summed E-state index contributed by atoms with van der Waals surface area (Å²) >= 11 is 0. The summed E-state index contributed by atoms with van der Waals surface area (Å²) in [6.45, 7) is 12.2.